The summed E-state index contributed by atoms with van der Waals surface area (Å²) in [6, 6.07) is 5.55. The molecule has 0 saturated heterocycles. The van der Waals surface area contributed by atoms with Crippen LogP contribution in [0.2, 0.25) is 0 Å². The van der Waals surface area contributed by atoms with E-state index in [0.29, 0.717) is 6.61 Å². The first-order valence-corrected chi connectivity index (χ1v) is 7.54. The average Bonchev–Trinajstić information content (AvgIpc) is 2.50. The number of nitrogens with one attached hydrogen (secondary N) is 2. The molecule has 1 aromatic rings. The second-order valence-corrected chi connectivity index (χ2v) is 5.12. The summed E-state index contributed by atoms with van der Waals surface area (Å²) >= 11 is 0. The van der Waals surface area contributed by atoms with Gasteiger partial charge in [-0.3, -0.25) is 4.79 Å². The van der Waals surface area contributed by atoms with E-state index in [0.717, 1.165) is 49.4 Å². The van der Waals surface area contributed by atoms with Crippen LogP contribution in [0, 0.1) is 0 Å². The molecular formula is C16H24N2O2. The average molecular weight is 276 g/mol. The summed E-state index contributed by atoms with van der Waals surface area (Å²) in [5.74, 6) is 0.999. The van der Waals surface area contributed by atoms with E-state index in [4.69, 9.17) is 4.74 Å². The van der Waals surface area contributed by atoms with Crippen LogP contribution in [0.15, 0.2) is 18.2 Å². The third-order valence-corrected chi connectivity index (χ3v) is 3.58. The van der Waals surface area contributed by atoms with E-state index in [9.17, 15) is 4.79 Å². The lowest BCUT2D eigenvalue weighted by Gasteiger charge is -2.21. The van der Waals surface area contributed by atoms with Crippen LogP contribution in [-0.2, 0) is 0 Å². The largest absolute Gasteiger partial charge is 0.490 e. The van der Waals surface area contributed by atoms with Gasteiger partial charge in [0.1, 0.15) is 12.4 Å². The number of carbonyl (C=O) groups is 1. The molecule has 0 fully saturated rings. The quantitative estimate of drug-likeness (QED) is 0.594. The highest BCUT2D eigenvalue weighted by atomic mass is 16.5. The van der Waals surface area contributed by atoms with Crippen molar-refractivity contribution in [2.75, 3.05) is 25.0 Å². The standard InChI is InChI=1S/C16H24N2O2/c1-3-5-8-17-13(4-2)16(19)12-6-7-15-14(11-12)18-9-10-20-15/h6-7,11,13,17-18H,3-5,8-10H2,1-2H3. The minimum Gasteiger partial charge on any atom is -0.490 e. The molecule has 0 bridgehead atoms. The van der Waals surface area contributed by atoms with E-state index >= 15 is 0 Å². The third-order valence-electron chi connectivity index (χ3n) is 3.58. The van der Waals surface area contributed by atoms with E-state index in [-0.39, 0.29) is 11.8 Å². The Morgan fingerprint density at radius 3 is 3.05 bits per heavy atom. The number of benzene rings is 1. The monoisotopic (exact) mass is 276 g/mol. The van der Waals surface area contributed by atoms with Crippen molar-refractivity contribution in [2.24, 2.45) is 0 Å². The van der Waals surface area contributed by atoms with Crippen LogP contribution in [0.5, 0.6) is 5.75 Å². The van der Waals surface area contributed by atoms with Gasteiger partial charge >= 0.3 is 0 Å². The molecular weight excluding hydrogens is 252 g/mol. The molecule has 1 aromatic carbocycles. The number of unbranched alkanes of at least 4 members (excludes halogenated alkanes) is 1. The number of ether oxygens (including phenoxy) is 1. The lowest BCUT2D eigenvalue weighted by Crippen LogP contribution is -2.36. The fourth-order valence-electron chi connectivity index (χ4n) is 2.37. The second-order valence-electron chi connectivity index (χ2n) is 5.12. The number of fused-ring (bicyclic) bond motifs is 1. The van der Waals surface area contributed by atoms with E-state index in [1.165, 1.54) is 0 Å². The molecule has 20 heavy (non-hydrogen) atoms. The molecule has 2 N–H and O–H groups in total. The molecule has 4 heteroatoms. The van der Waals surface area contributed by atoms with Crippen molar-refractivity contribution in [1.82, 2.24) is 5.32 Å². The maximum atomic E-state index is 12.5. The van der Waals surface area contributed by atoms with Crippen LogP contribution in [0.1, 0.15) is 43.5 Å². The van der Waals surface area contributed by atoms with E-state index < -0.39 is 0 Å². The molecule has 1 unspecified atom stereocenters. The summed E-state index contributed by atoms with van der Waals surface area (Å²) in [6.45, 7) is 6.56. The zero-order valence-corrected chi connectivity index (χ0v) is 12.4. The highest BCUT2D eigenvalue weighted by molar-refractivity contribution is 6.01. The molecule has 0 amide bonds. The first kappa shape index (κ1) is 14.9. The molecule has 1 aliphatic heterocycles. The first-order valence-electron chi connectivity index (χ1n) is 7.54. The Hall–Kier alpha value is -1.55. The van der Waals surface area contributed by atoms with Crippen LogP contribution >= 0.6 is 0 Å². The van der Waals surface area contributed by atoms with Crippen molar-refractivity contribution >= 4 is 11.5 Å². The molecule has 4 nitrogen and oxygen atoms in total. The van der Waals surface area contributed by atoms with Gasteiger partial charge in [0.05, 0.1) is 11.7 Å². The Balaban J connectivity index is 2.06. The molecule has 0 aliphatic carbocycles. The fourth-order valence-corrected chi connectivity index (χ4v) is 2.37. The summed E-state index contributed by atoms with van der Waals surface area (Å²) in [5.41, 5.74) is 1.67. The van der Waals surface area contributed by atoms with Gasteiger partial charge in [-0.15, -0.1) is 0 Å². The van der Waals surface area contributed by atoms with Crippen molar-refractivity contribution in [2.45, 2.75) is 39.2 Å². The SMILES string of the molecule is CCCCNC(CC)C(=O)c1ccc2c(c1)NCCO2. The third kappa shape index (κ3) is 3.51. The van der Waals surface area contributed by atoms with Gasteiger partial charge in [-0.05, 0) is 37.6 Å². The smallest absolute Gasteiger partial charge is 0.179 e. The Bertz CT molecular complexity index is 460. The number of anilines is 1. The molecule has 110 valence electrons. The van der Waals surface area contributed by atoms with Crippen LogP contribution in [0.25, 0.3) is 0 Å². The molecule has 1 heterocycles. The number of carbonyl (C=O) groups excluding carboxylic acids is 1. The Kier molecular flexibility index (Phi) is 5.41. The number of hydrogen-bond donors (Lipinski definition) is 2. The molecule has 0 saturated carbocycles. The zero-order valence-electron chi connectivity index (χ0n) is 12.4. The normalized spacial score (nSPS) is 14.9. The lowest BCUT2D eigenvalue weighted by atomic mass is 10.0. The van der Waals surface area contributed by atoms with Crippen molar-refractivity contribution in [3.05, 3.63) is 23.8 Å². The van der Waals surface area contributed by atoms with Gasteiger partial charge in [-0.2, -0.15) is 0 Å². The van der Waals surface area contributed by atoms with E-state index in [1.807, 2.05) is 25.1 Å². The summed E-state index contributed by atoms with van der Waals surface area (Å²) in [4.78, 5) is 12.5. The molecule has 2 rings (SSSR count). The Labute approximate surface area is 120 Å². The molecule has 0 spiro atoms. The van der Waals surface area contributed by atoms with Crippen molar-refractivity contribution in [1.29, 1.82) is 0 Å². The summed E-state index contributed by atoms with van der Waals surface area (Å²) < 4.78 is 5.54. The Morgan fingerprint density at radius 2 is 2.30 bits per heavy atom. The number of rotatable bonds is 7. The lowest BCUT2D eigenvalue weighted by molar-refractivity contribution is 0.0940. The van der Waals surface area contributed by atoms with Crippen LogP contribution in [-0.4, -0.2) is 31.5 Å². The highest BCUT2D eigenvalue weighted by Gasteiger charge is 2.19. The van der Waals surface area contributed by atoms with Crippen molar-refractivity contribution in [3.63, 3.8) is 0 Å². The molecule has 0 radical (unpaired) electrons. The van der Waals surface area contributed by atoms with Crippen molar-refractivity contribution in [3.8, 4) is 5.75 Å². The van der Waals surface area contributed by atoms with Crippen LogP contribution < -0.4 is 15.4 Å². The Morgan fingerprint density at radius 1 is 1.45 bits per heavy atom. The van der Waals surface area contributed by atoms with Gasteiger partial charge < -0.3 is 15.4 Å². The zero-order chi connectivity index (χ0) is 14.4. The molecule has 1 aliphatic rings. The van der Waals surface area contributed by atoms with Gasteiger partial charge in [-0.25, -0.2) is 0 Å². The van der Waals surface area contributed by atoms with Crippen LogP contribution in [0.4, 0.5) is 5.69 Å². The number of hydrogen-bond acceptors (Lipinski definition) is 4. The van der Waals surface area contributed by atoms with Gasteiger partial charge in [0, 0.05) is 12.1 Å². The van der Waals surface area contributed by atoms with Crippen molar-refractivity contribution < 1.29 is 9.53 Å². The minimum absolute atomic E-state index is 0.0934. The maximum Gasteiger partial charge on any atom is 0.179 e. The van der Waals surface area contributed by atoms with Gasteiger partial charge in [0.25, 0.3) is 0 Å². The molecule has 1 atom stereocenters. The predicted octanol–water partition coefficient (Wildman–Crippen LogP) is 2.84. The summed E-state index contributed by atoms with van der Waals surface area (Å²) in [7, 11) is 0. The van der Waals surface area contributed by atoms with Crippen LogP contribution in [0.3, 0.4) is 0 Å². The second kappa shape index (κ2) is 7.29. The topological polar surface area (TPSA) is 50.4 Å². The van der Waals surface area contributed by atoms with Gasteiger partial charge in [0.2, 0.25) is 0 Å². The number of ketones is 1. The number of Topliss-reactive ketones (excluding diaryl/α,β-unsaturated/α-hetero) is 1. The summed E-state index contributed by atoms with van der Waals surface area (Å²) in [6.07, 6.45) is 3.05. The van der Waals surface area contributed by atoms with Gasteiger partial charge in [0.15, 0.2) is 5.78 Å². The minimum atomic E-state index is -0.0934. The summed E-state index contributed by atoms with van der Waals surface area (Å²) in [5, 5.41) is 6.62. The van der Waals surface area contributed by atoms with Gasteiger partial charge in [-0.1, -0.05) is 20.3 Å². The predicted molar refractivity (Wildman–Crippen MR) is 81.7 cm³/mol. The highest BCUT2D eigenvalue weighted by Crippen LogP contribution is 2.28. The first-order chi connectivity index (χ1) is 9.76. The van der Waals surface area contributed by atoms with E-state index in [1.54, 1.807) is 0 Å². The fraction of sp³-hybridized carbons (Fsp3) is 0.562. The maximum absolute atomic E-state index is 12.5. The molecule has 0 aromatic heterocycles. The van der Waals surface area contributed by atoms with E-state index in [2.05, 4.69) is 17.6 Å².